The average Bonchev–Trinajstić information content (AvgIpc) is 2.63. The lowest BCUT2D eigenvalue weighted by Gasteiger charge is -2.17. The first kappa shape index (κ1) is 23.0. The molecule has 0 aliphatic rings. The van der Waals surface area contributed by atoms with Crippen molar-refractivity contribution in [3.8, 4) is 5.75 Å². The van der Waals surface area contributed by atoms with Gasteiger partial charge in [0.2, 0.25) is 11.8 Å². The highest BCUT2D eigenvalue weighted by Gasteiger charge is 2.33. The molecule has 2 aromatic rings. The molecule has 0 aliphatic heterocycles. The van der Waals surface area contributed by atoms with Gasteiger partial charge in [0, 0.05) is 15.7 Å². The van der Waals surface area contributed by atoms with Crippen molar-refractivity contribution in [2.45, 2.75) is 18.6 Å². The van der Waals surface area contributed by atoms with E-state index in [9.17, 15) is 18.0 Å². The monoisotopic (exact) mass is 458 g/mol. The molecule has 0 fully saturated rings. The molecule has 7 nitrogen and oxygen atoms in total. The predicted molar refractivity (Wildman–Crippen MR) is 115 cm³/mol. The van der Waals surface area contributed by atoms with Crippen molar-refractivity contribution in [1.29, 1.82) is 0 Å². The number of carbonyl (C=O) groups excluding carboxylic acids is 2. The van der Waals surface area contributed by atoms with Gasteiger partial charge in [-0.05, 0) is 48.9 Å². The van der Waals surface area contributed by atoms with E-state index in [0.717, 1.165) is 0 Å². The predicted octanol–water partition coefficient (Wildman–Crippen LogP) is 3.77. The normalized spacial score (nSPS) is 12.1. The Bertz CT molecular complexity index is 994. The van der Waals surface area contributed by atoms with Crippen LogP contribution in [0.3, 0.4) is 0 Å². The Morgan fingerprint density at radius 2 is 1.66 bits per heavy atom. The Morgan fingerprint density at radius 3 is 2.24 bits per heavy atom. The van der Waals surface area contributed by atoms with Crippen molar-refractivity contribution in [3.05, 3.63) is 52.5 Å². The Balaban J connectivity index is 2.12. The maximum Gasteiger partial charge on any atom is 0.242 e. The van der Waals surface area contributed by atoms with E-state index < -0.39 is 32.7 Å². The fraction of sp³-hybridized carbons (Fsp3) is 0.263. The SMILES string of the molecule is CCC(C(=O)Nc1cc(Cl)ccc1OC)S(=O)(=O)CC(=O)Nc1ccc(Cl)cc1. The van der Waals surface area contributed by atoms with Crippen LogP contribution in [0.2, 0.25) is 10.0 Å². The second kappa shape index (κ2) is 9.96. The Hall–Kier alpha value is -2.29. The molecule has 2 amide bonds. The van der Waals surface area contributed by atoms with Crippen molar-refractivity contribution in [2.24, 2.45) is 0 Å². The summed E-state index contributed by atoms with van der Waals surface area (Å²) < 4.78 is 30.5. The molecule has 1 atom stereocenters. The lowest BCUT2D eigenvalue weighted by molar-refractivity contribution is -0.115. The van der Waals surface area contributed by atoms with Crippen molar-refractivity contribution in [3.63, 3.8) is 0 Å². The van der Waals surface area contributed by atoms with Crippen molar-refractivity contribution >= 4 is 56.2 Å². The van der Waals surface area contributed by atoms with Gasteiger partial charge in [0.1, 0.15) is 16.8 Å². The molecule has 0 spiro atoms. The maximum atomic E-state index is 12.7. The molecule has 1 unspecified atom stereocenters. The van der Waals surface area contributed by atoms with Crippen LogP contribution in [0.15, 0.2) is 42.5 Å². The molecule has 2 rings (SSSR count). The van der Waals surface area contributed by atoms with Gasteiger partial charge in [-0.15, -0.1) is 0 Å². The van der Waals surface area contributed by atoms with Crippen LogP contribution < -0.4 is 15.4 Å². The molecule has 0 saturated carbocycles. The number of rotatable bonds is 8. The van der Waals surface area contributed by atoms with Gasteiger partial charge in [-0.25, -0.2) is 8.42 Å². The van der Waals surface area contributed by atoms with Crippen LogP contribution in [0, 0.1) is 0 Å². The second-order valence-corrected chi connectivity index (χ2v) is 9.15. The molecule has 0 radical (unpaired) electrons. The number of ether oxygens (including phenoxy) is 1. The highest BCUT2D eigenvalue weighted by Crippen LogP contribution is 2.28. The summed E-state index contributed by atoms with van der Waals surface area (Å²) in [6, 6.07) is 10.8. The van der Waals surface area contributed by atoms with Gasteiger partial charge in [0.05, 0.1) is 12.8 Å². The van der Waals surface area contributed by atoms with Crippen molar-refractivity contribution in [1.82, 2.24) is 0 Å². The van der Waals surface area contributed by atoms with Gasteiger partial charge < -0.3 is 15.4 Å². The molecular weight excluding hydrogens is 439 g/mol. The van der Waals surface area contributed by atoms with Gasteiger partial charge >= 0.3 is 0 Å². The van der Waals surface area contributed by atoms with E-state index in [0.29, 0.717) is 21.5 Å². The summed E-state index contributed by atoms with van der Waals surface area (Å²) >= 11 is 11.7. The second-order valence-electron chi connectivity index (χ2n) is 6.09. The molecule has 29 heavy (non-hydrogen) atoms. The highest BCUT2D eigenvalue weighted by molar-refractivity contribution is 7.93. The number of halogens is 2. The quantitative estimate of drug-likeness (QED) is 0.626. The third-order valence-corrected chi connectivity index (χ3v) is 6.54. The number of sulfone groups is 1. The first-order valence-electron chi connectivity index (χ1n) is 8.57. The molecule has 156 valence electrons. The minimum atomic E-state index is -4.07. The van der Waals surface area contributed by atoms with E-state index in [4.69, 9.17) is 27.9 Å². The standard InChI is InChI=1S/C19H20Cl2N2O5S/c1-3-17(19(25)23-15-10-13(21)6-9-16(15)28-2)29(26,27)11-18(24)22-14-7-4-12(20)5-8-14/h4-10,17H,3,11H2,1-2H3,(H,22,24)(H,23,25). The van der Waals surface area contributed by atoms with Crippen LogP contribution in [0.5, 0.6) is 5.75 Å². The third-order valence-electron chi connectivity index (χ3n) is 3.98. The molecule has 0 aromatic heterocycles. The summed E-state index contributed by atoms with van der Waals surface area (Å²) in [6.45, 7) is 1.55. The lowest BCUT2D eigenvalue weighted by atomic mass is 10.2. The van der Waals surface area contributed by atoms with Crippen LogP contribution in [0.4, 0.5) is 11.4 Å². The average molecular weight is 459 g/mol. The highest BCUT2D eigenvalue weighted by atomic mass is 35.5. The van der Waals surface area contributed by atoms with E-state index in [1.54, 1.807) is 43.3 Å². The zero-order valence-electron chi connectivity index (χ0n) is 15.7. The van der Waals surface area contributed by atoms with Crippen molar-refractivity contribution in [2.75, 3.05) is 23.5 Å². The molecule has 0 aliphatic carbocycles. The zero-order chi connectivity index (χ0) is 21.6. The largest absolute Gasteiger partial charge is 0.495 e. The summed E-state index contributed by atoms with van der Waals surface area (Å²) in [5.41, 5.74) is 0.639. The molecule has 10 heteroatoms. The van der Waals surface area contributed by atoms with Crippen LogP contribution in [-0.2, 0) is 19.4 Å². The lowest BCUT2D eigenvalue weighted by Crippen LogP contribution is -2.39. The minimum absolute atomic E-state index is 0.00866. The number of nitrogens with one attached hydrogen (secondary N) is 2. The van der Waals surface area contributed by atoms with Gasteiger partial charge in [-0.2, -0.15) is 0 Å². The van der Waals surface area contributed by atoms with E-state index in [2.05, 4.69) is 10.6 Å². The molecule has 2 N–H and O–H groups in total. The van der Waals surface area contributed by atoms with Crippen LogP contribution in [0.1, 0.15) is 13.3 Å². The number of hydrogen-bond acceptors (Lipinski definition) is 5. The van der Waals surface area contributed by atoms with Crippen LogP contribution in [0.25, 0.3) is 0 Å². The van der Waals surface area contributed by atoms with Crippen LogP contribution >= 0.6 is 23.2 Å². The smallest absolute Gasteiger partial charge is 0.242 e. The van der Waals surface area contributed by atoms with Crippen molar-refractivity contribution < 1.29 is 22.7 Å². The van der Waals surface area contributed by atoms with E-state index in [1.807, 2.05) is 0 Å². The molecule has 0 heterocycles. The minimum Gasteiger partial charge on any atom is -0.495 e. The molecule has 0 saturated heterocycles. The summed E-state index contributed by atoms with van der Waals surface area (Å²) in [5.74, 6) is -2.03. The fourth-order valence-corrected chi connectivity index (χ4v) is 4.44. The molecule has 0 bridgehead atoms. The Morgan fingerprint density at radius 1 is 1.03 bits per heavy atom. The number of hydrogen-bond donors (Lipinski definition) is 2. The molecular formula is C19H20Cl2N2O5S. The van der Waals surface area contributed by atoms with Crippen LogP contribution in [-0.4, -0.2) is 38.3 Å². The molecule has 2 aromatic carbocycles. The summed E-state index contributed by atoms with van der Waals surface area (Å²) in [6.07, 6.45) is -0.00866. The Labute approximate surface area is 179 Å². The topological polar surface area (TPSA) is 102 Å². The number of carbonyl (C=O) groups is 2. The third kappa shape index (κ3) is 6.35. The number of benzene rings is 2. The van der Waals surface area contributed by atoms with Gasteiger partial charge in [-0.1, -0.05) is 30.1 Å². The van der Waals surface area contributed by atoms with E-state index in [-0.39, 0.29) is 12.1 Å². The maximum absolute atomic E-state index is 12.7. The zero-order valence-corrected chi connectivity index (χ0v) is 18.1. The summed E-state index contributed by atoms with van der Waals surface area (Å²) in [7, 11) is -2.66. The summed E-state index contributed by atoms with van der Waals surface area (Å²) in [5, 5.41) is 4.40. The van der Waals surface area contributed by atoms with Gasteiger partial charge in [0.25, 0.3) is 0 Å². The van der Waals surface area contributed by atoms with Gasteiger partial charge in [0.15, 0.2) is 9.84 Å². The van der Waals surface area contributed by atoms with E-state index >= 15 is 0 Å². The number of amides is 2. The van der Waals surface area contributed by atoms with E-state index in [1.165, 1.54) is 13.2 Å². The first-order chi connectivity index (χ1) is 13.7. The number of anilines is 2. The van der Waals surface area contributed by atoms with Gasteiger partial charge in [-0.3, -0.25) is 9.59 Å². The summed E-state index contributed by atoms with van der Waals surface area (Å²) in [4.78, 5) is 24.8. The first-order valence-corrected chi connectivity index (χ1v) is 11.0. The fourth-order valence-electron chi connectivity index (χ4n) is 2.61. The number of methoxy groups -OCH3 is 1. The Kier molecular flexibility index (Phi) is 7.89.